The number of halogens is 6. The summed E-state index contributed by atoms with van der Waals surface area (Å²) < 4.78 is 43.9. The highest BCUT2D eigenvalue weighted by atomic mass is 35.6. The number of nitrogens with one attached hydrogen (secondary N) is 1. The number of ether oxygens (including phenoxy) is 1. The summed E-state index contributed by atoms with van der Waals surface area (Å²) in [4.78, 5) is 22.8. The van der Waals surface area contributed by atoms with Crippen LogP contribution in [0.4, 0.5) is 23.7 Å². The molecule has 0 aliphatic carbocycles. The first-order valence-electron chi connectivity index (χ1n) is 6.31. The molecule has 0 radical (unpaired) electrons. The molecule has 0 saturated heterocycles. The molecule has 0 aliphatic heterocycles. The lowest BCUT2D eigenvalue weighted by molar-refractivity contribution is 0.111. The minimum absolute atomic E-state index is 0.180. The number of alkyl halides is 3. The van der Waals surface area contributed by atoms with Crippen molar-refractivity contribution in [3.8, 4) is 5.69 Å². The van der Waals surface area contributed by atoms with Gasteiger partial charge in [0.2, 0.25) is 3.79 Å². The van der Waals surface area contributed by atoms with Crippen LogP contribution in [-0.4, -0.2) is 32.6 Å². The fraction of sp³-hybridized carbons (Fsp3) is 0.154. The van der Waals surface area contributed by atoms with Crippen LogP contribution in [0.25, 0.3) is 5.69 Å². The van der Waals surface area contributed by atoms with Crippen molar-refractivity contribution in [2.45, 2.75) is 3.79 Å². The van der Waals surface area contributed by atoms with Crippen LogP contribution in [-0.2, 0) is 4.74 Å². The zero-order valence-corrected chi connectivity index (χ0v) is 14.2. The third-order valence-electron chi connectivity index (χ3n) is 2.72. The van der Waals surface area contributed by atoms with E-state index in [1.807, 2.05) is 0 Å². The molecule has 134 valence electrons. The van der Waals surface area contributed by atoms with Gasteiger partial charge in [-0.2, -0.15) is 5.10 Å². The van der Waals surface area contributed by atoms with Crippen molar-refractivity contribution in [1.82, 2.24) is 9.78 Å². The second-order valence-corrected chi connectivity index (χ2v) is 7.02. The summed E-state index contributed by atoms with van der Waals surface area (Å²) in [6.07, 6.45) is 0.0107. The largest absolute Gasteiger partial charge is 0.445 e. The molecule has 12 heteroatoms. The highest BCUT2D eigenvalue weighted by molar-refractivity contribution is 6.67. The molecule has 25 heavy (non-hydrogen) atoms. The SMILES string of the molecule is O=Cc1c(NC(=O)OCC(Cl)(Cl)Cl)cnn1-c1c(F)cc(F)cc1F. The molecule has 0 fully saturated rings. The van der Waals surface area contributed by atoms with Gasteiger partial charge >= 0.3 is 6.09 Å². The second kappa shape index (κ2) is 7.51. The number of carbonyl (C=O) groups excluding carboxylic acids is 2. The fourth-order valence-corrected chi connectivity index (χ4v) is 1.94. The van der Waals surface area contributed by atoms with Gasteiger partial charge in [-0.25, -0.2) is 22.6 Å². The van der Waals surface area contributed by atoms with Crippen molar-refractivity contribution in [1.29, 1.82) is 0 Å². The average molecular weight is 417 g/mol. The lowest BCUT2D eigenvalue weighted by atomic mass is 10.2. The van der Waals surface area contributed by atoms with Gasteiger partial charge in [0.25, 0.3) is 0 Å². The van der Waals surface area contributed by atoms with Gasteiger partial charge in [0.1, 0.15) is 23.8 Å². The molecule has 0 saturated carbocycles. The molecule has 1 heterocycles. The predicted octanol–water partition coefficient (Wildman–Crippen LogP) is 4.02. The van der Waals surface area contributed by atoms with E-state index in [4.69, 9.17) is 34.8 Å². The number of benzene rings is 1. The van der Waals surface area contributed by atoms with Gasteiger partial charge < -0.3 is 4.74 Å². The fourth-order valence-electron chi connectivity index (χ4n) is 1.78. The smallest absolute Gasteiger partial charge is 0.411 e. The normalized spacial score (nSPS) is 11.3. The number of aromatic nitrogens is 2. The summed E-state index contributed by atoms with van der Waals surface area (Å²) in [5.41, 5.74) is -1.45. The molecular formula is C13H7Cl3F3N3O3. The van der Waals surface area contributed by atoms with E-state index in [1.54, 1.807) is 0 Å². The molecule has 0 unspecified atom stereocenters. The number of hydrogen-bond acceptors (Lipinski definition) is 4. The molecule has 2 rings (SSSR count). The van der Waals surface area contributed by atoms with Crippen LogP contribution in [0.15, 0.2) is 18.3 Å². The molecule has 1 aromatic carbocycles. The maximum Gasteiger partial charge on any atom is 0.411 e. The van der Waals surface area contributed by atoms with Crippen LogP contribution in [0, 0.1) is 17.5 Å². The Morgan fingerprint density at radius 1 is 1.28 bits per heavy atom. The van der Waals surface area contributed by atoms with Crippen molar-refractivity contribution in [3.05, 3.63) is 41.5 Å². The minimum atomic E-state index is -1.85. The highest BCUT2D eigenvalue weighted by Crippen LogP contribution is 2.27. The molecule has 1 amide bonds. The van der Waals surface area contributed by atoms with E-state index in [1.165, 1.54) is 0 Å². The summed E-state index contributed by atoms with van der Waals surface area (Å²) in [6, 6.07) is 0.827. The monoisotopic (exact) mass is 415 g/mol. The van der Waals surface area contributed by atoms with Crippen molar-refractivity contribution >= 4 is 52.9 Å². The van der Waals surface area contributed by atoms with Crippen LogP contribution in [0.3, 0.4) is 0 Å². The molecule has 1 aromatic heterocycles. The zero-order chi connectivity index (χ0) is 18.8. The van der Waals surface area contributed by atoms with Gasteiger partial charge in [-0.05, 0) is 0 Å². The number of nitrogens with zero attached hydrogens (tertiary/aromatic N) is 2. The van der Waals surface area contributed by atoms with Crippen LogP contribution in [0.2, 0.25) is 0 Å². The van der Waals surface area contributed by atoms with Crippen molar-refractivity contribution in [2.24, 2.45) is 0 Å². The van der Waals surface area contributed by atoms with Crippen molar-refractivity contribution in [3.63, 3.8) is 0 Å². The van der Waals surface area contributed by atoms with Crippen molar-refractivity contribution < 1.29 is 27.5 Å². The van der Waals surface area contributed by atoms with Gasteiger partial charge in [0, 0.05) is 12.1 Å². The Bertz CT molecular complexity index is 801. The van der Waals surface area contributed by atoms with Crippen LogP contribution < -0.4 is 5.32 Å². The number of amides is 1. The van der Waals surface area contributed by atoms with Gasteiger partial charge in [0.05, 0.1) is 11.9 Å². The van der Waals surface area contributed by atoms with Crippen molar-refractivity contribution in [2.75, 3.05) is 11.9 Å². The molecule has 1 N–H and O–H groups in total. The number of aldehydes is 1. The Kier molecular flexibility index (Phi) is 5.81. The van der Waals surface area contributed by atoms with Crippen LogP contribution in [0.5, 0.6) is 0 Å². The molecule has 6 nitrogen and oxygen atoms in total. The summed E-state index contributed by atoms with van der Waals surface area (Å²) >= 11 is 16.2. The number of rotatable bonds is 4. The molecule has 0 bridgehead atoms. The first kappa shape index (κ1) is 19.4. The van der Waals surface area contributed by atoms with Crippen LogP contribution >= 0.6 is 34.8 Å². The van der Waals surface area contributed by atoms with E-state index in [0.717, 1.165) is 6.20 Å². The Labute approximate surface area is 153 Å². The Morgan fingerprint density at radius 3 is 2.40 bits per heavy atom. The number of anilines is 1. The summed E-state index contributed by atoms with van der Waals surface area (Å²) in [5.74, 6) is -3.74. The topological polar surface area (TPSA) is 73.2 Å². The molecule has 2 aromatic rings. The average Bonchev–Trinajstić information content (AvgIpc) is 2.86. The quantitative estimate of drug-likeness (QED) is 0.603. The highest BCUT2D eigenvalue weighted by Gasteiger charge is 2.24. The lowest BCUT2D eigenvalue weighted by Gasteiger charge is -2.12. The molecule has 0 aliphatic rings. The lowest BCUT2D eigenvalue weighted by Crippen LogP contribution is -2.21. The van der Waals surface area contributed by atoms with E-state index >= 15 is 0 Å². The number of hydrogen-bond donors (Lipinski definition) is 1. The third-order valence-corrected chi connectivity index (χ3v) is 3.04. The predicted molar refractivity (Wildman–Crippen MR) is 84.1 cm³/mol. The summed E-state index contributed by atoms with van der Waals surface area (Å²) in [5, 5.41) is 5.71. The molecular weight excluding hydrogens is 410 g/mol. The standard InChI is InChI=1S/C13H7Cl3F3N3O3/c14-13(15,16)5-25-12(24)21-9-3-20-22(10(9)4-23)11-7(18)1-6(17)2-8(11)19/h1-4H,5H2,(H,21,24). The van der Waals surface area contributed by atoms with Gasteiger partial charge in [-0.3, -0.25) is 10.1 Å². The summed E-state index contributed by atoms with van der Waals surface area (Å²) in [7, 11) is 0. The first-order valence-corrected chi connectivity index (χ1v) is 7.44. The Morgan fingerprint density at radius 2 is 1.88 bits per heavy atom. The van der Waals surface area contributed by atoms with Gasteiger partial charge in [-0.15, -0.1) is 0 Å². The van der Waals surface area contributed by atoms with E-state index < -0.39 is 45.3 Å². The maximum atomic E-state index is 13.8. The zero-order valence-electron chi connectivity index (χ0n) is 11.9. The van der Waals surface area contributed by atoms with Gasteiger partial charge in [0.15, 0.2) is 17.9 Å². The Balaban J connectivity index is 2.31. The van der Waals surface area contributed by atoms with Crippen LogP contribution in [0.1, 0.15) is 10.5 Å². The Hall–Kier alpha value is -1.97. The minimum Gasteiger partial charge on any atom is -0.445 e. The third kappa shape index (κ3) is 4.77. The van der Waals surface area contributed by atoms with Gasteiger partial charge in [-0.1, -0.05) is 34.8 Å². The van der Waals surface area contributed by atoms with E-state index in [2.05, 4.69) is 15.2 Å². The second-order valence-electron chi connectivity index (χ2n) is 4.51. The van der Waals surface area contributed by atoms with E-state index in [9.17, 15) is 22.8 Å². The summed E-state index contributed by atoms with van der Waals surface area (Å²) in [6.45, 7) is -0.588. The molecule has 0 spiro atoms. The first-order chi connectivity index (χ1) is 11.6. The van der Waals surface area contributed by atoms with E-state index in [0.29, 0.717) is 16.8 Å². The molecule has 0 atom stereocenters. The number of carbonyl (C=O) groups is 2. The maximum absolute atomic E-state index is 13.8. The van der Waals surface area contributed by atoms with E-state index in [-0.39, 0.29) is 12.0 Å².